The molecule has 1 aliphatic rings. The molecule has 0 aliphatic carbocycles. The van der Waals surface area contributed by atoms with Gasteiger partial charge in [0.15, 0.2) is 0 Å². The molecule has 1 aromatic rings. The number of methoxy groups -OCH3 is 2. The molecular weight excluding hydrogens is 268 g/mol. The summed E-state index contributed by atoms with van der Waals surface area (Å²) in [4.78, 5) is 12.3. The van der Waals surface area contributed by atoms with Gasteiger partial charge in [-0.05, 0) is 56.5 Å². The highest BCUT2D eigenvalue weighted by atomic mass is 16.5. The van der Waals surface area contributed by atoms with Crippen LogP contribution in [0, 0.1) is 5.92 Å². The molecule has 0 spiro atoms. The predicted molar refractivity (Wildman–Crippen MR) is 82.1 cm³/mol. The highest BCUT2D eigenvalue weighted by molar-refractivity contribution is 5.97. The van der Waals surface area contributed by atoms with Crippen LogP contribution in [-0.2, 0) is 0 Å². The van der Waals surface area contributed by atoms with Crippen molar-refractivity contribution < 1.29 is 14.3 Å². The van der Waals surface area contributed by atoms with Crippen molar-refractivity contribution in [1.82, 2.24) is 10.6 Å². The minimum Gasteiger partial charge on any atom is -0.497 e. The van der Waals surface area contributed by atoms with E-state index in [1.165, 1.54) is 12.8 Å². The zero-order chi connectivity index (χ0) is 15.1. The van der Waals surface area contributed by atoms with Crippen LogP contribution in [0.2, 0.25) is 0 Å². The van der Waals surface area contributed by atoms with Crippen LogP contribution in [-0.4, -0.2) is 39.8 Å². The summed E-state index contributed by atoms with van der Waals surface area (Å²) in [6.45, 7) is 2.87. The van der Waals surface area contributed by atoms with Gasteiger partial charge in [0.25, 0.3) is 5.91 Å². The second-order valence-electron chi connectivity index (χ2n) is 5.30. The van der Waals surface area contributed by atoms with Gasteiger partial charge in [-0.15, -0.1) is 0 Å². The molecule has 0 bridgehead atoms. The third-order valence-electron chi connectivity index (χ3n) is 3.95. The van der Waals surface area contributed by atoms with E-state index < -0.39 is 0 Å². The van der Waals surface area contributed by atoms with E-state index in [1.54, 1.807) is 32.4 Å². The van der Waals surface area contributed by atoms with Crippen LogP contribution < -0.4 is 20.1 Å². The lowest BCUT2D eigenvalue weighted by molar-refractivity contribution is 0.0947. The third kappa shape index (κ3) is 4.36. The quantitative estimate of drug-likeness (QED) is 0.840. The lowest BCUT2D eigenvalue weighted by Crippen LogP contribution is -2.31. The number of nitrogens with one attached hydrogen (secondary N) is 2. The van der Waals surface area contributed by atoms with Crippen molar-refractivity contribution in [3.8, 4) is 11.5 Å². The van der Waals surface area contributed by atoms with E-state index in [2.05, 4.69) is 10.6 Å². The zero-order valence-electron chi connectivity index (χ0n) is 12.8. The van der Waals surface area contributed by atoms with Crippen LogP contribution in [0.1, 0.15) is 29.6 Å². The first-order valence-electron chi connectivity index (χ1n) is 7.45. The minimum absolute atomic E-state index is 0.111. The van der Waals surface area contributed by atoms with Crippen molar-refractivity contribution in [2.75, 3.05) is 33.9 Å². The Bertz CT molecular complexity index is 471. The summed E-state index contributed by atoms with van der Waals surface area (Å²) in [6, 6.07) is 5.24. The smallest absolute Gasteiger partial charge is 0.255 e. The summed E-state index contributed by atoms with van der Waals surface area (Å²) in [6.07, 6.45) is 3.41. The van der Waals surface area contributed by atoms with Gasteiger partial charge in [-0.1, -0.05) is 0 Å². The molecule has 0 atom stereocenters. The van der Waals surface area contributed by atoms with E-state index >= 15 is 0 Å². The van der Waals surface area contributed by atoms with E-state index in [9.17, 15) is 4.79 Å². The Morgan fingerprint density at radius 2 is 2.05 bits per heavy atom. The van der Waals surface area contributed by atoms with Crippen molar-refractivity contribution in [2.24, 2.45) is 5.92 Å². The fraction of sp³-hybridized carbons (Fsp3) is 0.562. The number of carbonyl (C=O) groups excluding carboxylic acids is 1. The molecular formula is C16H24N2O3. The molecule has 0 aromatic heterocycles. The van der Waals surface area contributed by atoms with Crippen LogP contribution in [0.3, 0.4) is 0 Å². The second-order valence-corrected chi connectivity index (χ2v) is 5.30. The standard InChI is InChI=1S/C16H24N2O3/c1-20-13-3-4-15(21-2)14(11-13)16(19)18-10-7-12-5-8-17-9-6-12/h3-4,11-12,17H,5-10H2,1-2H3,(H,18,19). The van der Waals surface area contributed by atoms with Gasteiger partial charge in [-0.25, -0.2) is 0 Å². The van der Waals surface area contributed by atoms with Gasteiger partial charge >= 0.3 is 0 Å². The summed E-state index contributed by atoms with van der Waals surface area (Å²) < 4.78 is 10.4. The monoisotopic (exact) mass is 292 g/mol. The van der Waals surface area contributed by atoms with Gasteiger partial charge in [0.05, 0.1) is 19.8 Å². The molecule has 5 nitrogen and oxygen atoms in total. The third-order valence-corrected chi connectivity index (χ3v) is 3.95. The fourth-order valence-corrected chi connectivity index (χ4v) is 2.65. The normalized spacial score (nSPS) is 15.5. The van der Waals surface area contributed by atoms with Gasteiger partial charge in [-0.2, -0.15) is 0 Å². The molecule has 1 aromatic carbocycles. The maximum atomic E-state index is 12.3. The first kappa shape index (κ1) is 15.6. The number of hydrogen-bond donors (Lipinski definition) is 2. The largest absolute Gasteiger partial charge is 0.497 e. The highest BCUT2D eigenvalue weighted by Crippen LogP contribution is 2.24. The number of benzene rings is 1. The minimum atomic E-state index is -0.111. The Balaban J connectivity index is 1.89. The Kier molecular flexibility index (Phi) is 5.87. The van der Waals surface area contributed by atoms with Crippen molar-refractivity contribution in [3.63, 3.8) is 0 Å². The van der Waals surface area contributed by atoms with Crippen molar-refractivity contribution in [2.45, 2.75) is 19.3 Å². The summed E-state index contributed by atoms with van der Waals surface area (Å²) in [7, 11) is 3.15. The van der Waals surface area contributed by atoms with Crippen LogP contribution in [0.4, 0.5) is 0 Å². The van der Waals surface area contributed by atoms with Gasteiger partial charge in [0, 0.05) is 6.54 Å². The lowest BCUT2D eigenvalue weighted by atomic mass is 9.95. The second kappa shape index (κ2) is 7.88. The van der Waals surface area contributed by atoms with Crippen molar-refractivity contribution in [1.29, 1.82) is 0 Å². The van der Waals surface area contributed by atoms with Gasteiger partial charge < -0.3 is 20.1 Å². The molecule has 116 valence electrons. The summed E-state index contributed by atoms with van der Waals surface area (Å²) in [5.74, 6) is 1.81. The zero-order valence-corrected chi connectivity index (χ0v) is 12.8. The number of amides is 1. The van der Waals surface area contributed by atoms with E-state index in [0.717, 1.165) is 19.5 Å². The molecule has 1 amide bonds. The highest BCUT2D eigenvalue weighted by Gasteiger charge is 2.15. The van der Waals surface area contributed by atoms with E-state index in [1.807, 2.05) is 0 Å². The topological polar surface area (TPSA) is 59.6 Å². The number of ether oxygens (including phenoxy) is 2. The molecule has 2 rings (SSSR count). The van der Waals surface area contributed by atoms with Crippen LogP contribution in [0.15, 0.2) is 18.2 Å². The Morgan fingerprint density at radius 1 is 1.29 bits per heavy atom. The molecule has 0 radical (unpaired) electrons. The van der Waals surface area contributed by atoms with Gasteiger partial charge in [-0.3, -0.25) is 4.79 Å². The van der Waals surface area contributed by atoms with Gasteiger partial charge in [0.2, 0.25) is 0 Å². The predicted octanol–water partition coefficient (Wildman–Crippen LogP) is 1.82. The first-order valence-corrected chi connectivity index (χ1v) is 7.45. The molecule has 1 fully saturated rings. The Labute approximate surface area is 126 Å². The van der Waals surface area contributed by atoms with Crippen LogP contribution >= 0.6 is 0 Å². The number of hydrogen-bond acceptors (Lipinski definition) is 4. The molecule has 0 unspecified atom stereocenters. The molecule has 5 heteroatoms. The van der Waals surface area contributed by atoms with Gasteiger partial charge in [0.1, 0.15) is 11.5 Å². The Hall–Kier alpha value is -1.75. The molecule has 1 saturated heterocycles. The SMILES string of the molecule is COc1ccc(OC)c(C(=O)NCCC2CCNCC2)c1. The molecule has 21 heavy (non-hydrogen) atoms. The first-order chi connectivity index (χ1) is 10.2. The maximum Gasteiger partial charge on any atom is 0.255 e. The lowest BCUT2D eigenvalue weighted by Gasteiger charge is -2.22. The fourth-order valence-electron chi connectivity index (χ4n) is 2.65. The Morgan fingerprint density at radius 3 is 2.71 bits per heavy atom. The average molecular weight is 292 g/mol. The van der Waals surface area contributed by atoms with Crippen LogP contribution in [0.25, 0.3) is 0 Å². The van der Waals surface area contributed by atoms with Crippen molar-refractivity contribution >= 4 is 5.91 Å². The molecule has 2 N–H and O–H groups in total. The number of piperidine rings is 1. The van der Waals surface area contributed by atoms with E-state index in [4.69, 9.17) is 9.47 Å². The summed E-state index contributed by atoms with van der Waals surface area (Å²) in [5.41, 5.74) is 0.516. The maximum absolute atomic E-state index is 12.3. The van der Waals surface area contributed by atoms with E-state index in [-0.39, 0.29) is 5.91 Å². The molecule has 1 aliphatic heterocycles. The summed E-state index contributed by atoms with van der Waals surface area (Å²) in [5, 5.41) is 6.33. The number of rotatable bonds is 6. The van der Waals surface area contributed by atoms with Crippen molar-refractivity contribution in [3.05, 3.63) is 23.8 Å². The molecule has 0 saturated carbocycles. The average Bonchev–Trinajstić information content (AvgIpc) is 2.55. The van der Waals surface area contributed by atoms with E-state index in [0.29, 0.717) is 29.5 Å². The van der Waals surface area contributed by atoms with Crippen LogP contribution in [0.5, 0.6) is 11.5 Å². The molecule has 1 heterocycles. The number of carbonyl (C=O) groups is 1. The summed E-state index contributed by atoms with van der Waals surface area (Å²) >= 11 is 0.